The van der Waals surface area contributed by atoms with Crippen molar-refractivity contribution in [1.82, 2.24) is 0 Å². The second kappa shape index (κ2) is 8.90. The summed E-state index contributed by atoms with van der Waals surface area (Å²) in [6, 6.07) is 3.79. The van der Waals surface area contributed by atoms with Crippen molar-refractivity contribution in [1.29, 1.82) is 10.5 Å². The third kappa shape index (κ3) is 8.90. The van der Waals surface area contributed by atoms with Gasteiger partial charge in [0.2, 0.25) is 0 Å². The summed E-state index contributed by atoms with van der Waals surface area (Å²) >= 11 is 0. The quantitative estimate of drug-likeness (QED) is 0.521. The molecule has 4 heteroatoms. The van der Waals surface area contributed by atoms with E-state index in [1.54, 1.807) is 0 Å². The van der Waals surface area contributed by atoms with Crippen molar-refractivity contribution in [3.63, 3.8) is 0 Å². The van der Waals surface area contributed by atoms with Gasteiger partial charge in [-0.15, -0.1) is 0 Å². The maximum Gasteiger partial charge on any atom is 0.133 e. The molecule has 0 bridgehead atoms. The summed E-state index contributed by atoms with van der Waals surface area (Å²) in [6.07, 6.45) is 0.401. The molecule has 0 N–H and O–H groups in total. The zero-order valence-corrected chi connectivity index (χ0v) is 6.25. The third-order valence-electron chi connectivity index (χ3n) is 0.897. The maximum absolute atomic E-state index is 8.10. The predicted molar refractivity (Wildman–Crippen MR) is 37.5 cm³/mol. The lowest BCUT2D eigenvalue weighted by molar-refractivity contribution is 0.0622. The van der Waals surface area contributed by atoms with Crippen molar-refractivity contribution in [2.75, 3.05) is 26.4 Å². The van der Waals surface area contributed by atoms with Gasteiger partial charge in [-0.3, -0.25) is 0 Å². The van der Waals surface area contributed by atoms with E-state index in [0.29, 0.717) is 26.2 Å². The van der Waals surface area contributed by atoms with Gasteiger partial charge >= 0.3 is 0 Å². The Kier molecular flexibility index (Phi) is 8.01. The average molecular weight is 154 g/mol. The van der Waals surface area contributed by atoms with E-state index in [1.807, 2.05) is 12.1 Å². The number of hydrogen-bond donors (Lipinski definition) is 0. The minimum atomic E-state index is 0.0988. The highest BCUT2D eigenvalue weighted by molar-refractivity contribution is 4.67. The van der Waals surface area contributed by atoms with E-state index in [4.69, 9.17) is 20.0 Å². The molecule has 0 amide bonds. The Morgan fingerprint density at radius 2 is 1.64 bits per heavy atom. The second-order valence-corrected chi connectivity index (χ2v) is 1.73. The van der Waals surface area contributed by atoms with E-state index in [-0.39, 0.29) is 6.61 Å². The van der Waals surface area contributed by atoms with E-state index >= 15 is 0 Å². The van der Waals surface area contributed by atoms with Gasteiger partial charge in [0.15, 0.2) is 0 Å². The summed E-state index contributed by atoms with van der Waals surface area (Å²) in [4.78, 5) is 0. The van der Waals surface area contributed by atoms with Crippen molar-refractivity contribution in [3.8, 4) is 12.1 Å². The first-order chi connectivity index (χ1) is 5.41. The molecule has 0 radical (unpaired) electrons. The Morgan fingerprint density at radius 1 is 0.909 bits per heavy atom. The van der Waals surface area contributed by atoms with E-state index in [2.05, 4.69) is 0 Å². The normalized spacial score (nSPS) is 8.55. The first kappa shape index (κ1) is 9.90. The molecule has 0 rings (SSSR count). The van der Waals surface area contributed by atoms with Gasteiger partial charge in [-0.2, -0.15) is 10.5 Å². The van der Waals surface area contributed by atoms with Crippen molar-refractivity contribution in [2.45, 2.75) is 6.42 Å². The molecule has 0 unspecified atom stereocenters. The van der Waals surface area contributed by atoms with Crippen LogP contribution in [-0.2, 0) is 9.47 Å². The van der Waals surface area contributed by atoms with Gasteiger partial charge in [0, 0.05) is 0 Å². The van der Waals surface area contributed by atoms with Crippen LogP contribution in [-0.4, -0.2) is 26.4 Å². The van der Waals surface area contributed by atoms with Crippen molar-refractivity contribution >= 4 is 0 Å². The average Bonchev–Trinajstić information content (AvgIpc) is 2.03. The number of rotatable bonds is 6. The van der Waals surface area contributed by atoms with Gasteiger partial charge in [-0.25, -0.2) is 0 Å². The van der Waals surface area contributed by atoms with E-state index in [1.165, 1.54) is 0 Å². The summed E-state index contributed by atoms with van der Waals surface area (Å²) in [6.45, 7) is 1.40. The molecule has 60 valence electrons. The Morgan fingerprint density at radius 3 is 2.27 bits per heavy atom. The molecule has 0 atom stereocenters. The van der Waals surface area contributed by atoms with E-state index in [9.17, 15) is 0 Å². The molecule has 0 aromatic rings. The Hall–Kier alpha value is -1.10. The topological polar surface area (TPSA) is 66.0 Å². The Bertz CT molecular complexity index is 139. The first-order valence-electron chi connectivity index (χ1n) is 3.31. The first-order valence-corrected chi connectivity index (χ1v) is 3.31. The fourth-order valence-corrected chi connectivity index (χ4v) is 0.456. The number of nitrogens with zero attached hydrogens (tertiary/aromatic N) is 2. The number of nitriles is 2. The number of ether oxygens (including phenoxy) is 2. The molecule has 0 fully saturated rings. The van der Waals surface area contributed by atoms with Gasteiger partial charge in [-0.05, 0) is 0 Å². The van der Waals surface area contributed by atoms with Crippen LogP contribution in [0, 0.1) is 22.7 Å². The molecule has 0 heterocycles. The van der Waals surface area contributed by atoms with Crippen molar-refractivity contribution in [2.24, 2.45) is 0 Å². The third-order valence-corrected chi connectivity index (χ3v) is 0.897. The van der Waals surface area contributed by atoms with Gasteiger partial charge in [0.25, 0.3) is 0 Å². The zero-order valence-electron chi connectivity index (χ0n) is 6.25. The lowest BCUT2D eigenvalue weighted by Gasteiger charge is -1.99. The largest absolute Gasteiger partial charge is 0.378 e. The van der Waals surface area contributed by atoms with Gasteiger partial charge in [0.05, 0.1) is 38.4 Å². The van der Waals surface area contributed by atoms with Crippen LogP contribution in [0.3, 0.4) is 0 Å². The smallest absolute Gasteiger partial charge is 0.133 e. The SMILES string of the molecule is N#CCCOCCOCC#N. The Labute approximate surface area is 65.9 Å². The standard InChI is InChI=1S/C7H10N2O2/c8-2-1-4-10-6-7-11-5-3-9/h1,4-7H2. The highest BCUT2D eigenvalue weighted by atomic mass is 16.5. The Balaban J connectivity index is 2.82. The molecule has 0 spiro atoms. The molecule has 0 aliphatic rings. The molecule has 0 saturated carbocycles. The van der Waals surface area contributed by atoms with Crippen LogP contribution in [0.2, 0.25) is 0 Å². The minimum Gasteiger partial charge on any atom is -0.378 e. The molecular formula is C7H10N2O2. The highest BCUT2D eigenvalue weighted by Gasteiger charge is 1.87. The molecule has 0 aliphatic heterocycles. The summed E-state index contributed by atoms with van der Waals surface area (Å²) in [5.41, 5.74) is 0. The molecule has 0 aromatic carbocycles. The van der Waals surface area contributed by atoms with Crippen LogP contribution in [0.4, 0.5) is 0 Å². The molecule has 11 heavy (non-hydrogen) atoms. The molecular weight excluding hydrogens is 144 g/mol. The minimum absolute atomic E-state index is 0.0988. The van der Waals surface area contributed by atoms with E-state index in [0.717, 1.165) is 0 Å². The van der Waals surface area contributed by atoms with Crippen LogP contribution in [0.5, 0.6) is 0 Å². The molecule has 0 aliphatic carbocycles. The maximum atomic E-state index is 8.10. The molecule has 0 saturated heterocycles. The van der Waals surface area contributed by atoms with Gasteiger partial charge in [-0.1, -0.05) is 0 Å². The van der Waals surface area contributed by atoms with Gasteiger partial charge in [0.1, 0.15) is 6.61 Å². The lowest BCUT2D eigenvalue weighted by Crippen LogP contribution is -2.04. The van der Waals surface area contributed by atoms with E-state index < -0.39 is 0 Å². The predicted octanol–water partition coefficient (Wildman–Crippen LogP) is 0.457. The summed E-state index contributed by atoms with van der Waals surface area (Å²) in [7, 11) is 0. The van der Waals surface area contributed by atoms with Crippen LogP contribution in [0.25, 0.3) is 0 Å². The van der Waals surface area contributed by atoms with Crippen molar-refractivity contribution < 1.29 is 9.47 Å². The molecule has 4 nitrogen and oxygen atoms in total. The summed E-state index contributed by atoms with van der Waals surface area (Å²) < 4.78 is 9.76. The lowest BCUT2D eigenvalue weighted by atomic mass is 10.5. The second-order valence-electron chi connectivity index (χ2n) is 1.73. The monoisotopic (exact) mass is 154 g/mol. The van der Waals surface area contributed by atoms with Crippen molar-refractivity contribution in [3.05, 3.63) is 0 Å². The summed E-state index contributed by atoms with van der Waals surface area (Å²) in [5, 5.41) is 16.2. The highest BCUT2D eigenvalue weighted by Crippen LogP contribution is 1.80. The number of hydrogen-bond acceptors (Lipinski definition) is 4. The van der Waals surface area contributed by atoms with Crippen LogP contribution >= 0.6 is 0 Å². The fraction of sp³-hybridized carbons (Fsp3) is 0.714. The van der Waals surface area contributed by atoms with Crippen LogP contribution < -0.4 is 0 Å². The zero-order chi connectivity index (χ0) is 8.36. The molecule has 0 aromatic heterocycles. The van der Waals surface area contributed by atoms with Gasteiger partial charge < -0.3 is 9.47 Å². The van der Waals surface area contributed by atoms with Crippen LogP contribution in [0.15, 0.2) is 0 Å². The summed E-state index contributed by atoms with van der Waals surface area (Å²) in [5.74, 6) is 0. The van der Waals surface area contributed by atoms with Crippen LogP contribution in [0.1, 0.15) is 6.42 Å². The fourth-order valence-electron chi connectivity index (χ4n) is 0.456.